The molecule has 2 amide bonds. The zero-order valence-electron chi connectivity index (χ0n) is 13.4. The van der Waals surface area contributed by atoms with Crippen molar-refractivity contribution in [3.63, 3.8) is 0 Å². The Morgan fingerprint density at radius 1 is 1.08 bits per heavy atom. The first-order valence-electron chi connectivity index (χ1n) is 7.73. The molecule has 2 N–H and O–H groups in total. The molecule has 2 atom stereocenters. The molecule has 3 rings (SSSR count). The summed E-state index contributed by atoms with van der Waals surface area (Å²) >= 11 is 11.7. The van der Waals surface area contributed by atoms with Gasteiger partial charge in [-0.05, 0) is 30.3 Å². The number of carbonyl (C=O) groups is 3. The molecular formula is C18H14Cl2N2O4. The van der Waals surface area contributed by atoms with Gasteiger partial charge in [0.15, 0.2) is 0 Å². The number of carboxylic acids is 1. The maximum absolute atomic E-state index is 12.7. The Bertz CT molecular complexity index is 873. The van der Waals surface area contributed by atoms with Crippen LogP contribution in [0.2, 0.25) is 10.0 Å². The molecule has 0 aliphatic carbocycles. The Balaban J connectivity index is 1.84. The summed E-state index contributed by atoms with van der Waals surface area (Å²) in [6.45, 7) is -0.0233. The highest BCUT2D eigenvalue weighted by molar-refractivity contribution is 6.42. The zero-order valence-corrected chi connectivity index (χ0v) is 14.9. The number of nitrogens with zero attached hydrogens (tertiary/aromatic N) is 1. The fraction of sp³-hybridized carbons (Fsp3) is 0.167. The van der Waals surface area contributed by atoms with Gasteiger partial charge in [0.1, 0.15) is 12.0 Å². The standard InChI is InChI=1S/C18H14Cl2N2O4/c19-13-7-6-10(8-14(13)20)16(23)21-15-12(18(25)26)9-22(17(15)24)11-4-2-1-3-5-11/h1-8,12,15H,9H2,(H,21,23)(H,25,26)/t12-,15+/m0/s1. The molecule has 8 heteroatoms. The largest absolute Gasteiger partial charge is 0.481 e. The number of carbonyl (C=O) groups excluding carboxylic acids is 2. The first-order chi connectivity index (χ1) is 12.4. The number of benzene rings is 2. The van der Waals surface area contributed by atoms with Gasteiger partial charge in [-0.3, -0.25) is 14.4 Å². The van der Waals surface area contributed by atoms with E-state index >= 15 is 0 Å². The highest BCUT2D eigenvalue weighted by Crippen LogP contribution is 2.27. The lowest BCUT2D eigenvalue weighted by Crippen LogP contribution is -2.46. The van der Waals surface area contributed by atoms with Crippen molar-refractivity contribution in [1.82, 2.24) is 5.32 Å². The normalized spacial score (nSPS) is 19.5. The van der Waals surface area contributed by atoms with Gasteiger partial charge in [0.05, 0.1) is 10.0 Å². The molecule has 0 aromatic heterocycles. The Kier molecular flexibility index (Phi) is 5.15. The quantitative estimate of drug-likeness (QED) is 0.837. The summed E-state index contributed by atoms with van der Waals surface area (Å²) in [7, 11) is 0. The second-order valence-electron chi connectivity index (χ2n) is 5.81. The van der Waals surface area contributed by atoms with Crippen LogP contribution in [0.25, 0.3) is 0 Å². The van der Waals surface area contributed by atoms with Crippen molar-refractivity contribution >= 4 is 46.7 Å². The van der Waals surface area contributed by atoms with Gasteiger partial charge in [-0.25, -0.2) is 0 Å². The topological polar surface area (TPSA) is 86.7 Å². The van der Waals surface area contributed by atoms with Crippen molar-refractivity contribution in [3.05, 3.63) is 64.1 Å². The van der Waals surface area contributed by atoms with Gasteiger partial charge < -0.3 is 15.3 Å². The first-order valence-corrected chi connectivity index (χ1v) is 8.49. The molecule has 2 aromatic carbocycles. The molecule has 1 aliphatic heterocycles. The third-order valence-electron chi connectivity index (χ3n) is 4.17. The van der Waals surface area contributed by atoms with Gasteiger partial charge in [0, 0.05) is 17.8 Å². The molecular weight excluding hydrogens is 379 g/mol. The van der Waals surface area contributed by atoms with Crippen LogP contribution in [0.5, 0.6) is 0 Å². The number of nitrogens with one attached hydrogen (secondary N) is 1. The molecule has 1 aliphatic rings. The van der Waals surface area contributed by atoms with Crippen LogP contribution in [-0.2, 0) is 9.59 Å². The smallest absolute Gasteiger partial charge is 0.310 e. The van der Waals surface area contributed by atoms with E-state index in [9.17, 15) is 19.5 Å². The van der Waals surface area contributed by atoms with E-state index in [1.165, 1.54) is 23.1 Å². The Labute approximate surface area is 159 Å². The van der Waals surface area contributed by atoms with Crippen molar-refractivity contribution in [2.24, 2.45) is 5.92 Å². The van der Waals surface area contributed by atoms with Gasteiger partial charge in [-0.1, -0.05) is 41.4 Å². The van der Waals surface area contributed by atoms with Crippen LogP contribution in [0.15, 0.2) is 48.5 Å². The minimum absolute atomic E-state index is 0.0233. The van der Waals surface area contributed by atoms with Crippen molar-refractivity contribution in [3.8, 4) is 0 Å². The average Bonchev–Trinajstić information content (AvgIpc) is 2.95. The van der Waals surface area contributed by atoms with Gasteiger partial charge in [-0.2, -0.15) is 0 Å². The van der Waals surface area contributed by atoms with Crippen LogP contribution in [-0.4, -0.2) is 35.5 Å². The molecule has 1 saturated heterocycles. The van der Waals surface area contributed by atoms with E-state index in [4.69, 9.17) is 23.2 Å². The predicted octanol–water partition coefficient (Wildman–Crippen LogP) is 2.84. The number of hydrogen-bond acceptors (Lipinski definition) is 3. The van der Waals surface area contributed by atoms with E-state index < -0.39 is 29.7 Å². The summed E-state index contributed by atoms with van der Waals surface area (Å²) in [5.74, 6) is -3.29. The minimum Gasteiger partial charge on any atom is -0.481 e. The van der Waals surface area contributed by atoms with Crippen LogP contribution >= 0.6 is 23.2 Å². The number of carboxylic acid groups (broad SMARTS) is 1. The third-order valence-corrected chi connectivity index (χ3v) is 4.91. The predicted molar refractivity (Wildman–Crippen MR) is 97.6 cm³/mol. The first kappa shape index (κ1) is 18.2. The lowest BCUT2D eigenvalue weighted by Gasteiger charge is -2.17. The third kappa shape index (κ3) is 3.52. The van der Waals surface area contributed by atoms with Crippen LogP contribution in [0.4, 0.5) is 5.69 Å². The fourth-order valence-corrected chi connectivity index (χ4v) is 3.12. The molecule has 0 radical (unpaired) electrons. The molecule has 0 spiro atoms. The number of para-hydroxylation sites is 1. The van der Waals surface area contributed by atoms with Crippen molar-refractivity contribution < 1.29 is 19.5 Å². The van der Waals surface area contributed by atoms with Gasteiger partial charge in [-0.15, -0.1) is 0 Å². The number of halogens is 2. The lowest BCUT2D eigenvalue weighted by molar-refractivity contribution is -0.142. The highest BCUT2D eigenvalue weighted by Gasteiger charge is 2.45. The van der Waals surface area contributed by atoms with Crippen LogP contribution in [0, 0.1) is 5.92 Å². The molecule has 0 saturated carbocycles. The van der Waals surface area contributed by atoms with Crippen molar-refractivity contribution in [2.75, 3.05) is 11.4 Å². The SMILES string of the molecule is O=C(N[C@H]1C(=O)N(c2ccccc2)C[C@@H]1C(=O)O)c1ccc(Cl)c(Cl)c1. The number of hydrogen-bond donors (Lipinski definition) is 2. The average molecular weight is 393 g/mol. The molecule has 6 nitrogen and oxygen atoms in total. The summed E-state index contributed by atoms with van der Waals surface area (Å²) in [5.41, 5.74) is 0.768. The monoisotopic (exact) mass is 392 g/mol. The van der Waals surface area contributed by atoms with Gasteiger partial charge in [0.2, 0.25) is 0 Å². The number of aliphatic carboxylic acids is 1. The molecule has 1 fully saturated rings. The Morgan fingerprint density at radius 2 is 1.77 bits per heavy atom. The summed E-state index contributed by atoms with van der Waals surface area (Å²) in [6, 6.07) is 11.8. The lowest BCUT2D eigenvalue weighted by atomic mass is 10.0. The fourth-order valence-electron chi connectivity index (χ4n) is 2.82. The Morgan fingerprint density at radius 3 is 2.38 bits per heavy atom. The maximum Gasteiger partial charge on any atom is 0.310 e. The van der Waals surface area contributed by atoms with Crippen molar-refractivity contribution in [2.45, 2.75) is 6.04 Å². The van der Waals surface area contributed by atoms with E-state index in [1.54, 1.807) is 30.3 Å². The summed E-state index contributed by atoms with van der Waals surface area (Å²) in [5, 5.41) is 12.5. The van der Waals surface area contributed by atoms with Crippen LogP contribution in [0.1, 0.15) is 10.4 Å². The molecule has 134 valence electrons. The van der Waals surface area contributed by atoms with Crippen LogP contribution in [0.3, 0.4) is 0 Å². The molecule has 0 bridgehead atoms. The number of rotatable bonds is 4. The molecule has 1 heterocycles. The van der Waals surface area contributed by atoms with Gasteiger partial charge >= 0.3 is 5.97 Å². The van der Waals surface area contributed by atoms with E-state index in [0.717, 1.165) is 0 Å². The minimum atomic E-state index is -1.17. The van der Waals surface area contributed by atoms with E-state index in [2.05, 4.69) is 5.32 Å². The second kappa shape index (κ2) is 7.35. The molecule has 26 heavy (non-hydrogen) atoms. The number of anilines is 1. The second-order valence-corrected chi connectivity index (χ2v) is 6.62. The van der Waals surface area contributed by atoms with E-state index in [1.807, 2.05) is 0 Å². The molecule has 2 aromatic rings. The summed E-state index contributed by atoms with van der Waals surface area (Å²) in [4.78, 5) is 38.1. The molecule has 0 unspecified atom stereocenters. The van der Waals surface area contributed by atoms with Crippen molar-refractivity contribution in [1.29, 1.82) is 0 Å². The summed E-state index contributed by atoms with van der Waals surface area (Å²) < 4.78 is 0. The van der Waals surface area contributed by atoms with Crippen LogP contribution < -0.4 is 10.2 Å². The van der Waals surface area contributed by atoms with Gasteiger partial charge in [0.25, 0.3) is 11.8 Å². The zero-order chi connectivity index (χ0) is 18.8. The van der Waals surface area contributed by atoms with E-state index in [-0.39, 0.29) is 17.1 Å². The van der Waals surface area contributed by atoms with E-state index in [0.29, 0.717) is 10.7 Å². The number of amides is 2. The Hall–Kier alpha value is -2.57. The maximum atomic E-state index is 12.7. The summed E-state index contributed by atoms with van der Waals surface area (Å²) in [6.07, 6.45) is 0. The highest BCUT2D eigenvalue weighted by atomic mass is 35.5.